The van der Waals surface area contributed by atoms with Gasteiger partial charge in [0.05, 0.1) is 18.2 Å². The molecule has 0 bridgehead atoms. The van der Waals surface area contributed by atoms with Gasteiger partial charge in [0.2, 0.25) is 5.88 Å². The maximum atomic E-state index is 13.1. The zero-order valence-electron chi connectivity index (χ0n) is 21.0. The number of nitrogens with one attached hydrogen (secondary N) is 1. The summed E-state index contributed by atoms with van der Waals surface area (Å²) in [5.74, 6) is -0.125. The van der Waals surface area contributed by atoms with Gasteiger partial charge in [-0.05, 0) is 68.7 Å². The lowest BCUT2D eigenvalue weighted by Gasteiger charge is -2.33. The minimum absolute atomic E-state index is 0.00369. The number of amides is 1. The number of benzene rings is 1. The van der Waals surface area contributed by atoms with Crippen molar-refractivity contribution in [3.63, 3.8) is 0 Å². The molecule has 37 heavy (non-hydrogen) atoms. The SMILES string of the molecule is COC(=O)c1ccc(Oc2cccc(S(=O)(=O)NC(=O)c3cccnc3N3CC(C)CC3(C)C)n2)cc1. The summed E-state index contributed by atoms with van der Waals surface area (Å²) in [5, 5.41) is -0.384. The van der Waals surface area contributed by atoms with Crippen molar-refractivity contribution in [1.29, 1.82) is 0 Å². The number of nitrogens with zero attached hydrogens (tertiary/aromatic N) is 3. The molecule has 2 aromatic heterocycles. The van der Waals surface area contributed by atoms with Gasteiger partial charge in [0, 0.05) is 24.3 Å². The van der Waals surface area contributed by atoms with E-state index in [2.05, 4.69) is 40.2 Å². The standard InChI is InChI=1S/C26H28N4O6S/c1-17-15-26(2,3)30(16-17)23-20(7-6-14-27-23)24(31)29-37(33,34)22-9-5-8-21(28-22)36-19-12-10-18(11-13-19)25(32)35-4/h5-14,17H,15-16H2,1-4H3,(H,29,31). The van der Waals surface area contributed by atoms with Crippen molar-refractivity contribution >= 4 is 27.7 Å². The maximum absolute atomic E-state index is 13.1. The van der Waals surface area contributed by atoms with E-state index in [0.717, 1.165) is 6.42 Å². The van der Waals surface area contributed by atoms with Crippen LogP contribution in [0.25, 0.3) is 0 Å². The van der Waals surface area contributed by atoms with Gasteiger partial charge in [0.15, 0.2) is 5.03 Å². The molecule has 1 fully saturated rings. The highest BCUT2D eigenvalue weighted by Gasteiger charge is 2.39. The molecular weight excluding hydrogens is 496 g/mol. The summed E-state index contributed by atoms with van der Waals surface area (Å²) in [5.41, 5.74) is 0.263. The Bertz CT molecular complexity index is 1420. The summed E-state index contributed by atoms with van der Waals surface area (Å²) in [7, 11) is -3.04. The Balaban J connectivity index is 1.53. The van der Waals surface area contributed by atoms with E-state index in [1.165, 1.54) is 49.6 Å². The van der Waals surface area contributed by atoms with Crippen LogP contribution in [0.15, 0.2) is 65.8 Å². The van der Waals surface area contributed by atoms with Gasteiger partial charge >= 0.3 is 5.97 Å². The van der Waals surface area contributed by atoms with Crippen molar-refractivity contribution in [2.75, 3.05) is 18.6 Å². The molecule has 1 aliphatic heterocycles. The monoisotopic (exact) mass is 524 g/mol. The number of pyridine rings is 2. The molecular formula is C26H28N4O6S. The molecule has 1 saturated heterocycles. The second-order valence-electron chi connectivity index (χ2n) is 9.47. The molecule has 10 nitrogen and oxygen atoms in total. The van der Waals surface area contributed by atoms with E-state index in [9.17, 15) is 18.0 Å². The summed E-state index contributed by atoms with van der Waals surface area (Å²) in [6.45, 7) is 6.98. The van der Waals surface area contributed by atoms with Crippen molar-refractivity contribution in [3.05, 3.63) is 71.9 Å². The minimum atomic E-state index is -4.32. The molecule has 1 aliphatic rings. The Morgan fingerprint density at radius 1 is 1.08 bits per heavy atom. The average Bonchev–Trinajstić information content (AvgIpc) is 3.15. The highest BCUT2D eigenvalue weighted by Crippen LogP contribution is 2.37. The molecule has 0 radical (unpaired) electrons. The molecule has 11 heteroatoms. The number of hydrogen-bond acceptors (Lipinski definition) is 9. The third-order valence-corrected chi connectivity index (χ3v) is 7.29. The van der Waals surface area contributed by atoms with E-state index in [-0.39, 0.29) is 22.0 Å². The van der Waals surface area contributed by atoms with Gasteiger partial charge in [-0.3, -0.25) is 4.79 Å². The normalized spacial score (nSPS) is 16.8. The molecule has 0 aliphatic carbocycles. The van der Waals surface area contributed by atoms with E-state index in [0.29, 0.717) is 29.6 Å². The minimum Gasteiger partial charge on any atom is -0.465 e. The molecule has 3 heterocycles. The lowest BCUT2D eigenvalue weighted by molar-refractivity contribution is 0.0600. The molecule has 1 N–H and O–H groups in total. The number of methoxy groups -OCH3 is 1. The third kappa shape index (κ3) is 5.72. The molecule has 1 unspecified atom stereocenters. The van der Waals surface area contributed by atoms with Crippen LogP contribution in [0, 0.1) is 5.92 Å². The Morgan fingerprint density at radius 2 is 1.81 bits per heavy atom. The summed E-state index contributed by atoms with van der Waals surface area (Å²) in [6.07, 6.45) is 2.50. The first-order valence-electron chi connectivity index (χ1n) is 11.6. The van der Waals surface area contributed by atoms with Crippen LogP contribution in [0.3, 0.4) is 0 Å². The first-order chi connectivity index (χ1) is 17.5. The summed E-state index contributed by atoms with van der Waals surface area (Å²) in [4.78, 5) is 35.2. The van der Waals surface area contributed by atoms with Gasteiger partial charge in [-0.15, -0.1) is 0 Å². The number of sulfonamides is 1. The first kappa shape index (κ1) is 26.1. The number of carbonyl (C=O) groups is 2. The summed E-state index contributed by atoms with van der Waals surface area (Å²) in [6, 6.07) is 13.4. The maximum Gasteiger partial charge on any atom is 0.337 e. The van der Waals surface area contributed by atoms with Crippen molar-refractivity contribution in [3.8, 4) is 11.6 Å². The van der Waals surface area contributed by atoms with Crippen LogP contribution in [0.1, 0.15) is 47.9 Å². The first-order valence-corrected chi connectivity index (χ1v) is 13.1. The Hall–Kier alpha value is -3.99. The molecule has 0 saturated carbocycles. The molecule has 1 atom stereocenters. The molecule has 1 aromatic carbocycles. The second-order valence-corrected chi connectivity index (χ2v) is 11.1. The predicted molar refractivity (Wildman–Crippen MR) is 136 cm³/mol. The lowest BCUT2D eigenvalue weighted by atomic mass is 9.97. The van der Waals surface area contributed by atoms with E-state index in [4.69, 9.17) is 4.74 Å². The second kappa shape index (κ2) is 10.2. The van der Waals surface area contributed by atoms with Gasteiger partial charge in [0.25, 0.3) is 15.9 Å². The van der Waals surface area contributed by atoms with Crippen LogP contribution in [-0.4, -0.2) is 49.5 Å². The fourth-order valence-corrected chi connectivity index (χ4v) is 5.40. The van der Waals surface area contributed by atoms with Crippen molar-refractivity contribution in [2.24, 2.45) is 5.92 Å². The van der Waals surface area contributed by atoms with Crippen LogP contribution in [0.2, 0.25) is 0 Å². The average molecular weight is 525 g/mol. The van der Waals surface area contributed by atoms with Crippen LogP contribution in [-0.2, 0) is 14.8 Å². The summed E-state index contributed by atoms with van der Waals surface area (Å²) >= 11 is 0. The van der Waals surface area contributed by atoms with Gasteiger partial charge in [-0.2, -0.15) is 13.4 Å². The van der Waals surface area contributed by atoms with Crippen molar-refractivity contribution < 1.29 is 27.5 Å². The quantitative estimate of drug-likeness (QED) is 0.459. The number of rotatable bonds is 7. The Kier molecular flexibility index (Phi) is 7.17. The topological polar surface area (TPSA) is 128 Å². The van der Waals surface area contributed by atoms with Gasteiger partial charge in [-0.25, -0.2) is 14.5 Å². The Morgan fingerprint density at radius 3 is 2.46 bits per heavy atom. The fourth-order valence-electron chi connectivity index (χ4n) is 4.48. The van der Waals surface area contributed by atoms with E-state index in [1.54, 1.807) is 18.3 Å². The molecule has 3 aromatic rings. The van der Waals surface area contributed by atoms with Crippen molar-refractivity contribution in [2.45, 2.75) is 37.8 Å². The van der Waals surface area contributed by atoms with E-state index < -0.39 is 21.9 Å². The van der Waals surface area contributed by atoms with Gasteiger partial charge in [-0.1, -0.05) is 13.0 Å². The summed E-state index contributed by atoms with van der Waals surface area (Å²) < 4.78 is 38.5. The fraction of sp³-hybridized carbons (Fsp3) is 0.308. The molecule has 4 rings (SSSR count). The molecule has 1 amide bonds. The molecule has 194 valence electrons. The Labute approximate surface area is 215 Å². The van der Waals surface area contributed by atoms with Crippen LogP contribution >= 0.6 is 0 Å². The lowest BCUT2D eigenvalue weighted by Crippen LogP contribution is -2.41. The highest BCUT2D eigenvalue weighted by molar-refractivity contribution is 7.90. The van der Waals surface area contributed by atoms with Crippen LogP contribution in [0.5, 0.6) is 11.6 Å². The number of esters is 1. The number of aromatic nitrogens is 2. The largest absolute Gasteiger partial charge is 0.465 e. The zero-order valence-corrected chi connectivity index (χ0v) is 21.8. The predicted octanol–water partition coefficient (Wildman–Crippen LogP) is 3.80. The third-order valence-electron chi connectivity index (χ3n) is 6.06. The molecule has 0 spiro atoms. The zero-order chi connectivity index (χ0) is 26.8. The highest BCUT2D eigenvalue weighted by atomic mass is 32.2. The van der Waals surface area contributed by atoms with Gasteiger partial charge in [0.1, 0.15) is 11.6 Å². The smallest absolute Gasteiger partial charge is 0.337 e. The van der Waals surface area contributed by atoms with Crippen molar-refractivity contribution in [1.82, 2.24) is 14.7 Å². The number of ether oxygens (including phenoxy) is 2. The van der Waals surface area contributed by atoms with Gasteiger partial charge < -0.3 is 14.4 Å². The van der Waals surface area contributed by atoms with E-state index in [1.807, 2.05) is 4.90 Å². The number of anilines is 1. The number of carbonyl (C=O) groups excluding carboxylic acids is 2. The van der Waals surface area contributed by atoms with Crippen LogP contribution < -0.4 is 14.4 Å². The van der Waals surface area contributed by atoms with E-state index >= 15 is 0 Å². The number of hydrogen-bond donors (Lipinski definition) is 1. The van der Waals surface area contributed by atoms with Crippen LogP contribution in [0.4, 0.5) is 5.82 Å².